The van der Waals surface area contributed by atoms with Crippen molar-refractivity contribution in [3.63, 3.8) is 0 Å². The summed E-state index contributed by atoms with van der Waals surface area (Å²) in [6.45, 7) is 0. The first-order valence-electron chi connectivity index (χ1n) is 5.89. The molecule has 1 saturated carbocycles. The Morgan fingerprint density at radius 1 is 1.33 bits per heavy atom. The number of likely N-dealkylation sites (tertiary alicyclic amines) is 1. The molecular formula is C12H13N3O2S. The van der Waals surface area contributed by atoms with Gasteiger partial charge in [-0.3, -0.25) is 14.5 Å². The Kier molecular flexibility index (Phi) is 2.74. The molecule has 0 bridgehead atoms. The molecule has 2 aliphatic rings. The fourth-order valence-corrected chi connectivity index (χ4v) is 3.03. The first-order chi connectivity index (χ1) is 8.65. The molecule has 1 aliphatic heterocycles. The number of anilines is 1. The third-order valence-corrected chi connectivity index (χ3v) is 4.21. The average molecular weight is 263 g/mol. The number of hydrogen-bond donors (Lipinski definition) is 1. The lowest BCUT2D eigenvalue weighted by molar-refractivity contribution is -0.138. The number of nitrogen functional groups attached to an aromatic ring is 1. The van der Waals surface area contributed by atoms with E-state index in [0.717, 1.165) is 17.9 Å². The third-order valence-electron chi connectivity index (χ3n) is 3.08. The van der Waals surface area contributed by atoms with E-state index in [1.165, 1.54) is 16.7 Å². The van der Waals surface area contributed by atoms with Gasteiger partial charge in [-0.25, -0.2) is 4.98 Å². The molecule has 18 heavy (non-hydrogen) atoms. The molecule has 1 aromatic rings. The van der Waals surface area contributed by atoms with Crippen LogP contribution in [0.2, 0.25) is 0 Å². The van der Waals surface area contributed by atoms with E-state index in [4.69, 9.17) is 5.73 Å². The summed E-state index contributed by atoms with van der Waals surface area (Å²) in [7, 11) is 0. The van der Waals surface area contributed by atoms with Crippen molar-refractivity contribution in [3.8, 4) is 0 Å². The van der Waals surface area contributed by atoms with Crippen LogP contribution in [0.3, 0.4) is 0 Å². The minimum atomic E-state index is -0.325. The van der Waals surface area contributed by atoms with Crippen LogP contribution in [0.25, 0.3) is 0 Å². The number of imide groups is 1. The topological polar surface area (TPSA) is 76.3 Å². The Balaban J connectivity index is 1.72. The van der Waals surface area contributed by atoms with Crippen LogP contribution in [-0.2, 0) is 9.59 Å². The molecule has 5 nitrogen and oxygen atoms in total. The maximum atomic E-state index is 12.1. The summed E-state index contributed by atoms with van der Waals surface area (Å²) in [6.07, 6.45) is 3.75. The number of nitrogens with zero attached hydrogens (tertiary/aromatic N) is 2. The van der Waals surface area contributed by atoms with Gasteiger partial charge in [-0.1, -0.05) is 11.8 Å². The summed E-state index contributed by atoms with van der Waals surface area (Å²) >= 11 is 1.34. The van der Waals surface area contributed by atoms with Crippen LogP contribution in [0.5, 0.6) is 0 Å². The van der Waals surface area contributed by atoms with E-state index in [2.05, 4.69) is 4.98 Å². The zero-order valence-electron chi connectivity index (χ0n) is 9.70. The van der Waals surface area contributed by atoms with Crippen LogP contribution in [0, 0.1) is 0 Å². The highest BCUT2D eigenvalue weighted by Gasteiger charge is 2.46. The van der Waals surface area contributed by atoms with Crippen molar-refractivity contribution in [1.29, 1.82) is 0 Å². The molecule has 0 aromatic carbocycles. The van der Waals surface area contributed by atoms with Gasteiger partial charge in [0.15, 0.2) is 0 Å². The average Bonchev–Trinajstić information content (AvgIpc) is 3.12. The molecule has 1 atom stereocenters. The first kappa shape index (κ1) is 11.5. The van der Waals surface area contributed by atoms with E-state index in [-0.39, 0.29) is 29.5 Å². The third kappa shape index (κ3) is 2.08. The van der Waals surface area contributed by atoms with Crippen LogP contribution in [-0.4, -0.2) is 33.0 Å². The highest BCUT2D eigenvalue weighted by atomic mass is 32.2. The molecule has 1 unspecified atom stereocenters. The zero-order valence-corrected chi connectivity index (χ0v) is 10.5. The Labute approximate surface area is 109 Å². The molecule has 2 heterocycles. The zero-order chi connectivity index (χ0) is 12.7. The van der Waals surface area contributed by atoms with Gasteiger partial charge in [0.25, 0.3) is 0 Å². The van der Waals surface area contributed by atoms with Gasteiger partial charge in [0, 0.05) is 12.5 Å². The number of amides is 2. The van der Waals surface area contributed by atoms with E-state index in [1.54, 1.807) is 18.3 Å². The van der Waals surface area contributed by atoms with Gasteiger partial charge in [-0.05, 0) is 25.0 Å². The Hall–Kier alpha value is -1.56. The Morgan fingerprint density at radius 3 is 2.72 bits per heavy atom. The number of rotatable bonds is 3. The van der Waals surface area contributed by atoms with Crippen molar-refractivity contribution in [2.24, 2.45) is 0 Å². The molecular weight excluding hydrogens is 250 g/mol. The highest BCUT2D eigenvalue weighted by Crippen LogP contribution is 2.36. The smallest absolute Gasteiger partial charge is 0.243 e. The fourth-order valence-electron chi connectivity index (χ4n) is 2.04. The van der Waals surface area contributed by atoms with Gasteiger partial charge in [0.1, 0.15) is 0 Å². The number of hydrogen-bond acceptors (Lipinski definition) is 5. The monoisotopic (exact) mass is 263 g/mol. The maximum absolute atomic E-state index is 12.1. The van der Waals surface area contributed by atoms with Crippen LogP contribution < -0.4 is 5.73 Å². The molecule has 1 aliphatic carbocycles. The van der Waals surface area contributed by atoms with Crippen LogP contribution in [0.1, 0.15) is 19.3 Å². The number of aromatic nitrogens is 1. The lowest BCUT2D eigenvalue weighted by Crippen LogP contribution is -2.33. The van der Waals surface area contributed by atoms with Crippen molar-refractivity contribution in [2.75, 3.05) is 5.73 Å². The molecule has 6 heteroatoms. The molecule has 2 N–H and O–H groups in total. The minimum absolute atomic E-state index is 0.0459. The molecule has 1 saturated heterocycles. The summed E-state index contributed by atoms with van der Waals surface area (Å²) in [6, 6.07) is 3.68. The molecule has 3 rings (SSSR count). The summed E-state index contributed by atoms with van der Waals surface area (Å²) in [5, 5.41) is 0.405. The largest absolute Gasteiger partial charge is 0.397 e. The molecule has 94 valence electrons. The van der Waals surface area contributed by atoms with Gasteiger partial charge in [-0.2, -0.15) is 0 Å². The predicted octanol–water partition coefficient (Wildman–Crippen LogP) is 1.05. The predicted molar refractivity (Wildman–Crippen MR) is 67.8 cm³/mol. The lowest BCUT2D eigenvalue weighted by atomic mass is 10.4. The number of thioether (sulfide) groups is 1. The molecule has 0 spiro atoms. The van der Waals surface area contributed by atoms with Crippen LogP contribution in [0.15, 0.2) is 23.4 Å². The second kappa shape index (κ2) is 4.28. The molecule has 2 fully saturated rings. The van der Waals surface area contributed by atoms with Crippen LogP contribution in [0.4, 0.5) is 5.69 Å². The van der Waals surface area contributed by atoms with Gasteiger partial charge < -0.3 is 5.73 Å². The SMILES string of the molecule is Nc1ccc(SC2CC(=O)N(C3CC3)C2=O)nc1. The second-order valence-corrected chi connectivity index (χ2v) is 5.80. The van der Waals surface area contributed by atoms with Gasteiger partial charge in [0.05, 0.1) is 22.2 Å². The van der Waals surface area contributed by atoms with Gasteiger partial charge in [0.2, 0.25) is 11.8 Å². The summed E-state index contributed by atoms with van der Waals surface area (Å²) in [4.78, 5) is 29.5. The van der Waals surface area contributed by atoms with E-state index >= 15 is 0 Å². The van der Waals surface area contributed by atoms with E-state index in [0.29, 0.717) is 5.69 Å². The number of pyridine rings is 1. The standard InChI is InChI=1S/C12H13N3O2S/c13-7-1-4-10(14-6-7)18-9-5-11(16)15(12(9)17)8-2-3-8/h1,4,6,8-9H,2-3,5,13H2. The molecule has 0 radical (unpaired) electrons. The van der Waals surface area contributed by atoms with Crippen molar-refractivity contribution in [3.05, 3.63) is 18.3 Å². The van der Waals surface area contributed by atoms with Gasteiger partial charge >= 0.3 is 0 Å². The molecule has 1 aromatic heterocycles. The number of carbonyl (C=O) groups is 2. The normalized spacial score (nSPS) is 23.8. The maximum Gasteiger partial charge on any atom is 0.243 e. The number of nitrogens with two attached hydrogens (primary N) is 1. The number of carbonyl (C=O) groups excluding carboxylic acids is 2. The summed E-state index contributed by atoms with van der Waals surface area (Å²) in [5.74, 6) is -0.110. The van der Waals surface area contributed by atoms with Crippen LogP contribution >= 0.6 is 11.8 Å². The Morgan fingerprint density at radius 2 is 2.11 bits per heavy atom. The van der Waals surface area contributed by atoms with E-state index < -0.39 is 0 Å². The summed E-state index contributed by atoms with van der Waals surface area (Å²) in [5.41, 5.74) is 6.14. The highest BCUT2D eigenvalue weighted by molar-refractivity contribution is 8.00. The molecule has 2 amide bonds. The lowest BCUT2D eigenvalue weighted by Gasteiger charge is -2.13. The quantitative estimate of drug-likeness (QED) is 0.825. The van der Waals surface area contributed by atoms with Gasteiger partial charge in [-0.15, -0.1) is 0 Å². The second-order valence-electron chi connectivity index (χ2n) is 4.57. The minimum Gasteiger partial charge on any atom is -0.397 e. The fraction of sp³-hybridized carbons (Fsp3) is 0.417. The van der Waals surface area contributed by atoms with Crippen molar-refractivity contribution in [1.82, 2.24) is 9.88 Å². The van der Waals surface area contributed by atoms with Crippen molar-refractivity contribution >= 4 is 29.3 Å². The Bertz CT molecular complexity index is 499. The first-order valence-corrected chi connectivity index (χ1v) is 6.77. The van der Waals surface area contributed by atoms with Crippen molar-refractivity contribution in [2.45, 2.75) is 35.6 Å². The summed E-state index contributed by atoms with van der Waals surface area (Å²) < 4.78 is 0. The van der Waals surface area contributed by atoms with E-state index in [1.807, 2.05) is 0 Å². The van der Waals surface area contributed by atoms with E-state index in [9.17, 15) is 9.59 Å². The van der Waals surface area contributed by atoms with Crippen molar-refractivity contribution < 1.29 is 9.59 Å².